The van der Waals surface area contributed by atoms with Gasteiger partial charge in [-0.05, 0) is 27.2 Å². The number of rotatable bonds is 4. The summed E-state index contributed by atoms with van der Waals surface area (Å²) in [6, 6.07) is 0. The van der Waals surface area contributed by atoms with Gasteiger partial charge >= 0.3 is 0 Å². The van der Waals surface area contributed by atoms with E-state index >= 15 is 0 Å². The van der Waals surface area contributed by atoms with E-state index in [-0.39, 0.29) is 23.4 Å². The van der Waals surface area contributed by atoms with Gasteiger partial charge in [0.05, 0.1) is 11.6 Å². The smallest absolute Gasteiger partial charge is 0.265 e. The molecule has 2 atom stereocenters. The van der Waals surface area contributed by atoms with Crippen molar-refractivity contribution >= 4 is 28.2 Å². The number of nitrogens with two attached hydrogens (primary N) is 1. The number of nitrogen functional groups attached to an aromatic ring is 1. The maximum absolute atomic E-state index is 12.4. The summed E-state index contributed by atoms with van der Waals surface area (Å²) >= 11 is 1.32. The van der Waals surface area contributed by atoms with Crippen LogP contribution in [0.25, 0.3) is 0 Å². The second-order valence-corrected chi connectivity index (χ2v) is 6.34. The summed E-state index contributed by atoms with van der Waals surface area (Å²) in [7, 11) is 1.92. The standard InChI is InChI=1S/C13H22N4O2S/c1-5-17(4)12-15-10(14)9(20-12)11(18)16-13(3)6-7-19-8(13)2/h8H,5-7,14H2,1-4H3,(H,16,18). The van der Waals surface area contributed by atoms with Crippen molar-refractivity contribution in [1.82, 2.24) is 10.3 Å². The predicted octanol–water partition coefficient (Wildman–Crippen LogP) is 1.48. The Hall–Kier alpha value is -1.34. The van der Waals surface area contributed by atoms with Gasteiger partial charge in [0.2, 0.25) is 0 Å². The van der Waals surface area contributed by atoms with Gasteiger partial charge in [0.25, 0.3) is 5.91 Å². The normalized spacial score (nSPS) is 25.7. The van der Waals surface area contributed by atoms with Crippen LogP contribution in [0, 0.1) is 0 Å². The average molecular weight is 298 g/mol. The summed E-state index contributed by atoms with van der Waals surface area (Å²) < 4.78 is 5.53. The fourth-order valence-corrected chi connectivity index (χ4v) is 3.00. The molecule has 2 heterocycles. The average Bonchev–Trinajstić information content (AvgIpc) is 2.93. The lowest BCUT2D eigenvalue weighted by Gasteiger charge is -2.28. The number of thiazole rings is 1. The molecule has 1 amide bonds. The summed E-state index contributed by atoms with van der Waals surface area (Å²) in [5, 5.41) is 3.80. The van der Waals surface area contributed by atoms with Crippen molar-refractivity contribution in [3.63, 3.8) is 0 Å². The van der Waals surface area contributed by atoms with Gasteiger partial charge in [0, 0.05) is 20.2 Å². The third-order valence-corrected chi connectivity index (χ3v) is 5.12. The summed E-state index contributed by atoms with van der Waals surface area (Å²) in [4.78, 5) is 19.1. The molecule has 2 unspecified atom stereocenters. The second kappa shape index (κ2) is 5.57. The zero-order chi connectivity index (χ0) is 14.9. The number of hydrogen-bond acceptors (Lipinski definition) is 6. The highest BCUT2D eigenvalue weighted by molar-refractivity contribution is 7.18. The second-order valence-electron chi connectivity index (χ2n) is 5.36. The fraction of sp³-hybridized carbons (Fsp3) is 0.692. The zero-order valence-corrected chi connectivity index (χ0v) is 13.2. The maximum Gasteiger partial charge on any atom is 0.265 e. The number of ether oxygens (including phenoxy) is 1. The highest BCUT2D eigenvalue weighted by Crippen LogP contribution is 2.30. The minimum absolute atomic E-state index is 0.00150. The van der Waals surface area contributed by atoms with Crippen LogP contribution >= 0.6 is 11.3 Å². The Labute approximate surface area is 123 Å². The minimum atomic E-state index is -0.343. The molecule has 3 N–H and O–H groups in total. The van der Waals surface area contributed by atoms with Crippen LogP contribution in [0.5, 0.6) is 0 Å². The Balaban J connectivity index is 2.15. The van der Waals surface area contributed by atoms with Crippen LogP contribution in [0.3, 0.4) is 0 Å². The van der Waals surface area contributed by atoms with Gasteiger partial charge in [-0.15, -0.1) is 0 Å². The molecule has 1 aliphatic heterocycles. The lowest BCUT2D eigenvalue weighted by Crippen LogP contribution is -2.50. The molecule has 112 valence electrons. The van der Waals surface area contributed by atoms with Crippen LogP contribution in [0.2, 0.25) is 0 Å². The van der Waals surface area contributed by atoms with Gasteiger partial charge in [0.1, 0.15) is 10.7 Å². The summed E-state index contributed by atoms with van der Waals surface area (Å²) in [6.07, 6.45) is 0.804. The molecular weight excluding hydrogens is 276 g/mol. The van der Waals surface area contributed by atoms with Gasteiger partial charge in [-0.1, -0.05) is 11.3 Å². The van der Waals surface area contributed by atoms with Crippen molar-refractivity contribution in [3.8, 4) is 0 Å². The first-order valence-electron chi connectivity index (χ1n) is 6.79. The highest BCUT2D eigenvalue weighted by Gasteiger charge is 2.39. The largest absolute Gasteiger partial charge is 0.382 e. The number of carbonyl (C=O) groups is 1. The van der Waals surface area contributed by atoms with Gasteiger partial charge in [-0.3, -0.25) is 4.79 Å². The molecule has 0 bridgehead atoms. The quantitative estimate of drug-likeness (QED) is 0.880. The van der Waals surface area contributed by atoms with Crippen molar-refractivity contribution in [1.29, 1.82) is 0 Å². The predicted molar refractivity (Wildman–Crippen MR) is 81.4 cm³/mol. The van der Waals surface area contributed by atoms with Crippen LogP contribution in [0.15, 0.2) is 0 Å². The third kappa shape index (κ3) is 2.73. The van der Waals surface area contributed by atoms with Crippen molar-refractivity contribution in [2.45, 2.75) is 38.8 Å². The van der Waals surface area contributed by atoms with E-state index in [4.69, 9.17) is 10.5 Å². The summed E-state index contributed by atoms with van der Waals surface area (Å²) in [5.74, 6) is 0.119. The molecule has 6 nitrogen and oxygen atoms in total. The summed E-state index contributed by atoms with van der Waals surface area (Å²) in [5.41, 5.74) is 5.52. The zero-order valence-electron chi connectivity index (χ0n) is 12.4. The number of aromatic nitrogens is 1. The van der Waals surface area contributed by atoms with E-state index in [2.05, 4.69) is 10.3 Å². The van der Waals surface area contributed by atoms with E-state index in [9.17, 15) is 4.79 Å². The van der Waals surface area contributed by atoms with E-state index in [1.165, 1.54) is 11.3 Å². The first kappa shape index (κ1) is 15.1. The topological polar surface area (TPSA) is 80.5 Å². The maximum atomic E-state index is 12.4. The Kier molecular flexibility index (Phi) is 4.19. The van der Waals surface area contributed by atoms with Gasteiger partial charge in [-0.2, -0.15) is 0 Å². The summed E-state index contributed by atoms with van der Waals surface area (Å²) in [6.45, 7) is 7.48. The van der Waals surface area contributed by atoms with Crippen molar-refractivity contribution < 1.29 is 9.53 Å². The molecule has 0 radical (unpaired) electrons. The van der Waals surface area contributed by atoms with Crippen LogP contribution < -0.4 is 16.0 Å². The van der Waals surface area contributed by atoms with E-state index in [0.29, 0.717) is 11.5 Å². The van der Waals surface area contributed by atoms with Crippen molar-refractivity contribution in [3.05, 3.63) is 4.88 Å². The van der Waals surface area contributed by atoms with Crippen LogP contribution in [-0.4, -0.2) is 42.7 Å². The number of nitrogens with one attached hydrogen (secondary N) is 1. The lowest BCUT2D eigenvalue weighted by atomic mass is 9.94. The molecule has 0 aromatic carbocycles. The lowest BCUT2D eigenvalue weighted by molar-refractivity contribution is 0.0730. The highest BCUT2D eigenvalue weighted by atomic mass is 32.1. The molecule has 0 aliphatic carbocycles. The van der Waals surface area contributed by atoms with Crippen molar-refractivity contribution in [2.24, 2.45) is 0 Å². The van der Waals surface area contributed by atoms with E-state index in [1.807, 2.05) is 32.7 Å². The van der Waals surface area contributed by atoms with Gasteiger partial charge in [-0.25, -0.2) is 4.98 Å². The van der Waals surface area contributed by atoms with E-state index < -0.39 is 0 Å². The first-order chi connectivity index (χ1) is 9.37. The Morgan fingerprint density at radius 3 is 2.95 bits per heavy atom. The molecule has 1 aliphatic rings. The molecule has 7 heteroatoms. The molecule has 1 saturated heterocycles. The van der Waals surface area contributed by atoms with E-state index in [0.717, 1.165) is 18.1 Å². The fourth-order valence-electron chi connectivity index (χ4n) is 2.10. The van der Waals surface area contributed by atoms with Gasteiger partial charge in [0.15, 0.2) is 5.13 Å². The number of hydrogen-bond donors (Lipinski definition) is 2. The molecule has 0 spiro atoms. The van der Waals surface area contributed by atoms with Crippen molar-refractivity contribution in [2.75, 3.05) is 30.8 Å². The minimum Gasteiger partial charge on any atom is -0.382 e. The number of anilines is 2. The van der Waals surface area contributed by atoms with Gasteiger partial charge < -0.3 is 20.7 Å². The molecule has 2 rings (SSSR count). The number of amides is 1. The monoisotopic (exact) mass is 298 g/mol. The van der Waals surface area contributed by atoms with Crippen LogP contribution in [0.1, 0.15) is 36.9 Å². The van der Waals surface area contributed by atoms with E-state index in [1.54, 1.807) is 0 Å². The third-order valence-electron chi connectivity index (χ3n) is 3.93. The number of carbonyl (C=O) groups excluding carboxylic acids is 1. The SMILES string of the molecule is CCN(C)c1nc(N)c(C(=O)NC2(C)CCOC2C)s1. The van der Waals surface area contributed by atoms with Crippen LogP contribution in [-0.2, 0) is 4.74 Å². The molecule has 1 fully saturated rings. The molecule has 0 saturated carbocycles. The molecular formula is C13H22N4O2S. The molecule has 1 aromatic rings. The Morgan fingerprint density at radius 2 is 2.40 bits per heavy atom. The Morgan fingerprint density at radius 1 is 1.70 bits per heavy atom. The Bertz CT molecular complexity index is 505. The molecule has 20 heavy (non-hydrogen) atoms. The van der Waals surface area contributed by atoms with Crippen LogP contribution in [0.4, 0.5) is 10.9 Å². The number of nitrogens with zero attached hydrogens (tertiary/aromatic N) is 2. The molecule has 1 aromatic heterocycles. The first-order valence-corrected chi connectivity index (χ1v) is 7.60.